The Hall–Kier alpha value is -1.09. The minimum Gasteiger partial charge on any atom is -0.242 e. The number of hydrogen-bond acceptors (Lipinski definition) is 1. The Kier molecular flexibility index (Phi) is 2.10. The minimum absolute atomic E-state index is 0. The summed E-state index contributed by atoms with van der Waals surface area (Å²) in [5.41, 5.74) is 0. The monoisotopic (exact) mass is 171 g/mol. The zero-order chi connectivity index (χ0) is 6.97. The molecule has 0 radical (unpaired) electrons. The molecule has 4 heteroatoms. The van der Waals surface area contributed by atoms with E-state index in [2.05, 4.69) is 5.32 Å². The zero-order valence-corrected chi connectivity index (χ0v) is 6.60. The SMILES string of the molecule is Cl.O=C1C[n+]2ccccc2N1. The van der Waals surface area contributed by atoms with E-state index in [0.29, 0.717) is 6.54 Å². The van der Waals surface area contributed by atoms with Crippen LogP contribution in [0.3, 0.4) is 0 Å². The van der Waals surface area contributed by atoms with E-state index in [9.17, 15) is 4.79 Å². The van der Waals surface area contributed by atoms with E-state index >= 15 is 0 Å². The van der Waals surface area contributed by atoms with Crippen molar-refractivity contribution in [2.45, 2.75) is 6.54 Å². The summed E-state index contributed by atoms with van der Waals surface area (Å²) in [6.45, 7) is 0.455. The molecule has 0 unspecified atom stereocenters. The highest BCUT2D eigenvalue weighted by atomic mass is 35.5. The van der Waals surface area contributed by atoms with Crippen LogP contribution in [0.25, 0.3) is 0 Å². The number of anilines is 1. The van der Waals surface area contributed by atoms with Gasteiger partial charge in [-0.05, 0) is 6.07 Å². The Morgan fingerprint density at radius 2 is 2.27 bits per heavy atom. The second-order valence-corrected chi connectivity index (χ2v) is 2.26. The molecule has 0 saturated carbocycles. The van der Waals surface area contributed by atoms with Gasteiger partial charge in [-0.3, -0.25) is 0 Å². The zero-order valence-electron chi connectivity index (χ0n) is 5.78. The van der Waals surface area contributed by atoms with Crippen LogP contribution in [0.5, 0.6) is 0 Å². The Labute approximate surface area is 70.4 Å². The Balaban J connectivity index is 0.000000605. The topological polar surface area (TPSA) is 33.0 Å². The van der Waals surface area contributed by atoms with Crippen molar-refractivity contribution in [3.63, 3.8) is 0 Å². The van der Waals surface area contributed by atoms with Gasteiger partial charge in [0.25, 0.3) is 5.82 Å². The molecule has 3 nitrogen and oxygen atoms in total. The number of rotatable bonds is 0. The first-order valence-electron chi connectivity index (χ1n) is 3.14. The van der Waals surface area contributed by atoms with Gasteiger partial charge in [-0.2, -0.15) is 0 Å². The second kappa shape index (κ2) is 2.88. The fourth-order valence-corrected chi connectivity index (χ4v) is 1.06. The molecule has 0 bridgehead atoms. The first kappa shape index (κ1) is 8.01. The molecule has 0 fully saturated rings. The number of amides is 1. The molecule has 1 amide bonds. The number of carbonyl (C=O) groups excluding carboxylic acids is 1. The summed E-state index contributed by atoms with van der Waals surface area (Å²) >= 11 is 0. The van der Waals surface area contributed by atoms with Crippen LogP contribution < -0.4 is 9.88 Å². The fraction of sp³-hybridized carbons (Fsp3) is 0.143. The van der Waals surface area contributed by atoms with Crippen LogP contribution in [0.4, 0.5) is 5.82 Å². The van der Waals surface area contributed by atoms with Gasteiger partial charge in [-0.15, -0.1) is 12.4 Å². The maximum absolute atomic E-state index is 10.8. The van der Waals surface area contributed by atoms with Crippen LogP contribution in [0.2, 0.25) is 0 Å². The molecule has 58 valence electrons. The van der Waals surface area contributed by atoms with Crippen molar-refractivity contribution >= 4 is 24.1 Å². The summed E-state index contributed by atoms with van der Waals surface area (Å²) in [5.74, 6) is 0.943. The highest BCUT2D eigenvalue weighted by molar-refractivity contribution is 5.90. The van der Waals surface area contributed by atoms with Crippen LogP contribution in [0, 0.1) is 0 Å². The van der Waals surface area contributed by atoms with Crippen molar-refractivity contribution in [3.8, 4) is 0 Å². The molecule has 0 atom stereocenters. The molecule has 2 heterocycles. The summed E-state index contributed by atoms with van der Waals surface area (Å²) in [6.07, 6.45) is 1.88. The lowest BCUT2D eigenvalue weighted by molar-refractivity contribution is -0.663. The first-order valence-corrected chi connectivity index (χ1v) is 3.14. The molecule has 1 aromatic rings. The van der Waals surface area contributed by atoms with Crippen LogP contribution >= 0.6 is 12.4 Å². The summed E-state index contributed by atoms with van der Waals surface area (Å²) in [5, 5.41) is 2.72. The van der Waals surface area contributed by atoms with E-state index < -0.39 is 0 Å². The number of hydrogen-bond donors (Lipinski definition) is 1. The number of nitrogens with zero attached hydrogens (tertiary/aromatic N) is 1. The summed E-state index contributed by atoms with van der Waals surface area (Å²) in [4.78, 5) is 10.8. The van der Waals surface area contributed by atoms with Crippen molar-refractivity contribution in [1.29, 1.82) is 0 Å². The molecule has 1 N–H and O–H groups in total. The highest BCUT2D eigenvalue weighted by Crippen LogP contribution is 2.02. The van der Waals surface area contributed by atoms with Gasteiger partial charge >= 0.3 is 5.91 Å². The van der Waals surface area contributed by atoms with E-state index in [1.54, 1.807) is 0 Å². The number of aromatic nitrogens is 1. The average molecular weight is 172 g/mol. The third-order valence-electron chi connectivity index (χ3n) is 1.52. The van der Waals surface area contributed by atoms with Crippen LogP contribution in [0.15, 0.2) is 24.4 Å². The van der Waals surface area contributed by atoms with Crippen LogP contribution in [-0.4, -0.2) is 5.91 Å². The molecule has 11 heavy (non-hydrogen) atoms. The van der Waals surface area contributed by atoms with E-state index in [0.717, 1.165) is 5.82 Å². The molecule has 0 saturated heterocycles. The van der Waals surface area contributed by atoms with Crippen LogP contribution in [-0.2, 0) is 11.3 Å². The minimum atomic E-state index is 0. The van der Waals surface area contributed by atoms with Crippen molar-refractivity contribution in [1.82, 2.24) is 0 Å². The van der Waals surface area contributed by atoms with Gasteiger partial charge in [0, 0.05) is 6.07 Å². The van der Waals surface area contributed by atoms with E-state index in [-0.39, 0.29) is 18.3 Å². The largest absolute Gasteiger partial charge is 0.349 e. The van der Waals surface area contributed by atoms with Gasteiger partial charge in [0.15, 0.2) is 6.54 Å². The van der Waals surface area contributed by atoms with Gasteiger partial charge in [-0.1, -0.05) is 6.07 Å². The first-order chi connectivity index (χ1) is 4.86. The molecule has 1 aliphatic heterocycles. The molecule has 0 aliphatic carbocycles. The Bertz CT molecular complexity index is 261. The molecule has 1 aliphatic rings. The van der Waals surface area contributed by atoms with Crippen molar-refractivity contribution < 1.29 is 9.36 Å². The van der Waals surface area contributed by atoms with Gasteiger partial charge < -0.3 is 0 Å². The van der Waals surface area contributed by atoms with Gasteiger partial charge in [0.2, 0.25) is 0 Å². The Morgan fingerprint density at radius 3 is 3.00 bits per heavy atom. The fourth-order valence-electron chi connectivity index (χ4n) is 1.06. The van der Waals surface area contributed by atoms with E-state index in [4.69, 9.17) is 0 Å². The lowest BCUT2D eigenvalue weighted by Crippen LogP contribution is -2.30. The number of nitrogens with one attached hydrogen (secondary N) is 1. The maximum Gasteiger partial charge on any atom is 0.349 e. The normalized spacial score (nSPS) is 13.3. The standard InChI is InChI=1S/C7H6N2O.ClH/c10-7-5-9-4-2-1-3-6(9)8-7;/h1-4H,5H2;1H/p+1. The van der Waals surface area contributed by atoms with Crippen LogP contribution in [0.1, 0.15) is 0 Å². The predicted octanol–water partition coefficient (Wildman–Crippen LogP) is 0.348. The number of pyridine rings is 1. The average Bonchev–Trinajstić information content (AvgIpc) is 2.27. The molecule has 1 aromatic heterocycles. The summed E-state index contributed by atoms with van der Waals surface area (Å²) < 4.78 is 1.88. The predicted molar refractivity (Wildman–Crippen MR) is 42.5 cm³/mol. The van der Waals surface area contributed by atoms with Crippen molar-refractivity contribution in [3.05, 3.63) is 24.4 Å². The molecule has 0 aromatic carbocycles. The van der Waals surface area contributed by atoms with Gasteiger partial charge in [0.05, 0.1) is 6.20 Å². The van der Waals surface area contributed by atoms with E-state index in [1.807, 2.05) is 29.0 Å². The lowest BCUT2D eigenvalue weighted by Gasteiger charge is -1.87. The van der Waals surface area contributed by atoms with Gasteiger partial charge in [-0.25, -0.2) is 14.7 Å². The third kappa shape index (κ3) is 1.33. The summed E-state index contributed by atoms with van der Waals surface area (Å²) in [6, 6.07) is 5.69. The number of fused-ring (bicyclic) bond motifs is 1. The van der Waals surface area contributed by atoms with Crippen molar-refractivity contribution in [2.24, 2.45) is 0 Å². The smallest absolute Gasteiger partial charge is 0.242 e. The summed E-state index contributed by atoms with van der Waals surface area (Å²) in [7, 11) is 0. The van der Waals surface area contributed by atoms with Crippen molar-refractivity contribution in [2.75, 3.05) is 5.32 Å². The maximum atomic E-state index is 10.8. The molecule has 0 spiro atoms. The lowest BCUT2D eigenvalue weighted by atomic mass is 10.5. The quantitative estimate of drug-likeness (QED) is 0.562. The molecular weight excluding hydrogens is 164 g/mol. The second-order valence-electron chi connectivity index (χ2n) is 2.26. The number of carbonyl (C=O) groups is 1. The molecular formula is C7H8ClN2O+. The highest BCUT2D eigenvalue weighted by Gasteiger charge is 2.23. The third-order valence-corrected chi connectivity index (χ3v) is 1.52. The number of halogens is 1. The molecule has 2 rings (SSSR count). The van der Waals surface area contributed by atoms with E-state index in [1.165, 1.54) is 0 Å². The van der Waals surface area contributed by atoms with Gasteiger partial charge in [0.1, 0.15) is 0 Å². The Morgan fingerprint density at radius 1 is 1.45 bits per heavy atom.